The number of pyridine rings is 1. The highest BCUT2D eigenvalue weighted by Crippen LogP contribution is 2.15. The molecule has 1 aromatic heterocycles. The molecule has 1 fully saturated rings. The van der Waals surface area contributed by atoms with Gasteiger partial charge in [0.1, 0.15) is 0 Å². The lowest BCUT2D eigenvalue weighted by Gasteiger charge is -2.23. The van der Waals surface area contributed by atoms with Crippen LogP contribution in [0.15, 0.2) is 22.9 Å². The Kier molecular flexibility index (Phi) is 4.72. The number of hydrogen-bond acceptors (Lipinski definition) is 3. The Balaban J connectivity index is 2.12. The van der Waals surface area contributed by atoms with Gasteiger partial charge in [0.25, 0.3) is 5.91 Å². The van der Waals surface area contributed by atoms with Crippen molar-refractivity contribution in [2.24, 2.45) is 0 Å². The highest BCUT2D eigenvalue weighted by atomic mass is 79.9. The monoisotopic (exact) mass is 312 g/mol. The Labute approximate surface area is 115 Å². The zero-order valence-corrected chi connectivity index (χ0v) is 12.0. The summed E-state index contributed by atoms with van der Waals surface area (Å²) in [6.45, 7) is 4.24. The normalized spacial score (nSPS) is 20.6. The van der Waals surface area contributed by atoms with Crippen LogP contribution in [0.25, 0.3) is 0 Å². The number of aromatic nitrogens is 1. The van der Waals surface area contributed by atoms with Gasteiger partial charge in [0.05, 0.1) is 11.7 Å². The average molecular weight is 313 g/mol. The standard InChI is InChI=1S/C13H17BrN2O2/c1-2-12-9-16(4-3-5-18-12)13(17)10-6-11(14)8-15-7-10/h6-8,12H,2-5,9H2,1H3. The van der Waals surface area contributed by atoms with Gasteiger partial charge in [-0.25, -0.2) is 0 Å². The van der Waals surface area contributed by atoms with Crippen molar-refractivity contribution in [1.82, 2.24) is 9.88 Å². The number of rotatable bonds is 2. The molecule has 4 nitrogen and oxygen atoms in total. The number of carbonyl (C=O) groups is 1. The van der Waals surface area contributed by atoms with E-state index in [0.717, 1.165) is 30.5 Å². The molecule has 1 atom stereocenters. The Hall–Kier alpha value is -0.940. The van der Waals surface area contributed by atoms with Crippen molar-refractivity contribution in [3.05, 3.63) is 28.5 Å². The van der Waals surface area contributed by atoms with Gasteiger partial charge in [-0.15, -0.1) is 0 Å². The Bertz CT molecular complexity index is 425. The first-order valence-corrected chi connectivity index (χ1v) is 7.01. The van der Waals surface area contributed by atoms with Crippen LogP contribution >= 0.6 is 15.9 Å². The molecule has 0 radical (unpaired) electrons. The first-order valence-electron chi connectivity index (χ1n) is 6.22. The number of ether oxygens (including phenoxy) is 1. The molecule has 1 unspecified atom stereocenters. The summed E-state index contributed by atoms with van der Waals surface area (Å²) in [4.78, 5) is 18.3. The molecule has 2 heterocycles. The van der Waals surface area contributed by atoms with Gasteiger partial charge in [-0.2, -0.15) is 0 Å². The van der Waals surface area contributed by atoms with Crippen molar-refractivity contribution in [2.45, 2.75) is 25.9 Å². The van der Waals surface area contributed by atoms with Crippen LogP contribution in [0.2, 0.25) is 0 Å². The minimum atomic E-state index is 0.0350. The van der Waals surface area contributed by atoms with Gasteiger partial charge >= 0.3 is 0 Å². The summed E-state index contributed by atoms with van der Waals surface area (Å²) in [6, 6.07) is 1.81. The first kappa shape index (κ1) is 13.5. The number of nitrogens with zero attached hydrogens (tertiary/aromatic N) is 2. The molecule has 5 heteroatoms. The fraction of sp³-hybridized carbons (Fsp3) is 0.538. The lowest BCUT2D eigenvalue weighted by Crippen LogP contribution is -2.36. The topological polar surface area (TPSA) is 42.4 Å². The zero-order valence-electron chi connectivity index (χ0n) is 10.4. The van der Waals surface area contributed by atoms with Gasteiger partial charge in [0.2, 0.25) is 0 Å². The van der Waals surface area contributed by atoms with Crippen molar-refractivity contribution in [1.29, 1.82) is 0 Å². The summed E-state index contributed by atoms with van der Waals surface area (Å²) < 4.78 is 6.50. The van der Waals surface area contributed by atoms with Crippen LogP contribution in [0.1, 0.15) is 30.1 Å². The summed E-state index contributed by atoms with van der Waals surface area (Å²) in [6.07, 6.45) is 5.26. The van der Waals surface area contributed by atoms with E-state index in [1.165, 1.54) is 0 Å². The van der Waals surface area contributed by atoms with E-state index in [4.69, 9.17) is 4.74 Å². The van der Waals surface area contributed by atoms with Gasteiger partial charge in [0.15, 0.2) is 0 Å². The Morgan fingerprint density at radius 2 is 2.44 bits per heavy atom. The van der Waals surface area contributed by atoms with Crippen molar-refractivity contribution >= 4 is 21.8 Å². The smallest absolute Gasteiger partial charge is 0.255 e. The third-order valence-electron chi connectivity index (χ3n) is 3.04. The van der Waals surface area contributed by atoms with Crippen LogP contribution in [0.4, 0.5) is 0 Å². The van der Waals surface area contributed by atoms with Crippen LogP contribution in [-0.4, -0.2) is 41.6 Å². The lowest BCUT2D eigenvalue weighted by molar-refractivity contribution is 0.0460. The molecule has 1 amide bonds. The summed E-state index contributed by atoms with van der Waals surface area (Å²) in [7, 11) is 0. The third-order valence-corrected chi connectivity index (χ3v) is 3.48. The molecule has 0 aromatic carbocycles. The van der Waals surface area contributed by atoms with E-state index in [1.807, 2.05) is 11.0 Å². The summed E-state index contributed by atoms with van der Waals surface area (Å²) in [5.41, 5.74) is 0.626. The molecule has 0 N–H and O–H groups in total. The minimum absolute atomic E-state index is 0.0350. The average Bonchev–Trinajstić information content (AvgIpc) is 2.63. The molecule has 1 saturated heterocycles. The third kappa shape index (κ3) is 3.29. The maximum absolute atomic E-state index is 12.4. The zero-order chi connectivity index (χ0) is 13.0. The highest BCUT2D eigenvalue weighted by Gasteiger charge is 2.22. The molecule has 0 spiro atoms. The number of carbonyl (C=O) groups excluding carboxylic acids is 1. The van der Waals surface area contributed by atoms with E-state index < -0.39 is 0 Å². The van der Waals surface area contributed by atoms with E-state index in [0.29, 0.717) is 12.1 Å². The molecule has 0 bridgehead atoms. The summed E-state index contributed by atoms with van der Waals surface area (Å²) in [5.74, 6) is 0.0350. The lowest BCUT2D eigenvalue weighted by atomic mass is 10.2. The SMILES string of the molecule is CCC1CN(C(=O)c2cncc(Br)c2)CCCO1. The molecule has 18 heavy (non-hydrogen) atoms. The molecular weight excluding hydrogens is 296 g/mol. The van der Waals surface area contributed by atoms with E-state index in [9.17, 15) is 4.79 Å². The minimum Gasteiger partial charge on any atom is -0.376 e. The van der Waals surface area contributed by atoms with Crippen molar-refractivity contribution in [3.8, 4) is 0 Å². The maximum atomic E-state index is 12.4. The Morgan fingerprint density at radius 3 is 3.17 bits per heavy atom. The summed E-state index contributed by atoms with van der Waals surface area (Å²) >= 11 is 3.34. The van der Waals surface area contributed by atoms with Crippen molar-refractivity contribution in [3.63, 3.8) is 0 Å². The van der Waals surface area contributed by atoms with E-state index in [2.05, 4.69) is 27.8 Å². The predicted octanol–water partition coefficient (Wildman–Crippen LogP) is 2.49. The van der Waals surface area contributed by atoms with Crippen molar-refractivity contribution in [2.75, 3.05) is 19.7 Å². The summed E-state index contributed by atoms with van der Waals surface area (Å²) in [5, 5.41) is 0. The van der Waals surface area contributed by atoms with Crippen molar-refractivity contribution < 1.29 is 9.53 Å². The molecular formula is C13H17BrN2O2. The second kappa shape index (κ2) is 6.29. The van der Waals surface area contributed by atoms with Gasteiger partial charge in [-0.05, 0) is 34.8 Å². The number of halogens is 1. The molecule has 1 aliphatic heterocycles. The van der Waals surface area contributed by atoms with Crippen LogP contribution in [0.5, 0.6) is 0 Å². The van der Waals surface area contributed by atoms with Crippen LogP contribution in [0.3, 0.4) is 0 Å². The molecule has 1 aliphatic rings. The van der Waals surface area contributed by atoms with Crippen LogP contribution in [0, 0.1) is 0 Å². The molecule has 2 rings (SSSR count). The molecule has 98 valence electrons. The van der Waals surface area contributed by atoms with Gasteiger partial charge in [-0.1, -0.05) is 6.92 Å². The molecule has 0 aliphatic carbocycles. The van der Waals surface area contributed by atoms with Gasteiger partial charge < -0.3 is 9.64 Å². The second-order valence-electron chi connectivity index (χ2n) is 4.40. The molecule has 1 aromatic rings. The maximum Gasteiger partial charge on any atom is 0.255 e. The number of amides is 1. The van der Waals surface area contributed by atoms with Gasteiger partial charge in [-0.3, -0.25) is 9.78 Å². The fourth-order valence-electron chi connectivity index (χ4n) is 2.04. The van der Waals surface area contributed by atoms with E-state index in [-0.39, 0.29) is 12.0 Å². The quantitative estimate of drug-likeness (QED) is 0.842. The van der Waals surface area contributed by atoms with Crippen LogP contribution in [-0.2, 0) is 4.74 Å². The number of hydrogen-bond donors (Lipinski definition) is 0. The second-order valence-corrected chi connectivity index (χ2v) is 5.31. The predicted molar refractivity (Wildman–Crippen MR) is 72.5 cm³/mol. The van der Waals surface area contributed by atoms with Gasteiger partial charge in [0, 0.05) is 36.6 Å². The first-order chi connectivity index (χ1) is 8.70. The largest absolute Gasteiger partial charge is 0.376 e. The highest BCUT2D eigenvalue weighted by molar-refractivity contribution is 9.10. The molecule has 0 saturated carbocycles. The fourth-order valence-corrected chi connectivity index (χ4v) is 2.40. The van der Waals surface area contributed by atoms with Crippen LogP contribution < -0.4 is 0 Å². The Morgan fingerprint density at radius 1 is 1.61 bits per heavy atom. The van der Waals surface area contributed by atoms with E-state index >= 15 is 0 Å². The van der Waals surface area contributed by atoms with E-state index in [1.54, 1.807) is 12.4 Å².